The molecule has 0 aliphatic carbocycles. The lowest BCUT2D eigenvalue weighted by molar-refractivity contribution is 0.0946. The fourth-order valence-electron chi connectivity index (χ4n) is 3.33. The van der Waals surface area contributed by atoms with Crippen molar-refractivity contribution in [3.63, 3.8) is 0 Å². The lowest BCUT2D eigenvalue weighted by Crippen LogP contribution is -2.28. The molecule has 2 N–H and O–H groups in total. The van der Waals surface area contributed by atoms with Gasteiger partial charge >= 0.3 is 0 Å². The molecule has 1 amide bonds. The second-order valence-corrected chi connectivity index (χ2v) is 7.01. The number of nitrogens with one attached hydrogen (secondary N) is 2. The molecule has 1 aromatic heterocycles. The Hall–Kier alpha value is -3.70. The topological polar surface area (TPSA) is 71.2 Å². The Morgan fingerprint density at radius 2 is 1.53 bits per heavy atom. The highest BCUT2D eigenvalue weighted by atomic mass is 16.5. The van der Waals surface area contributed by atoms with Gasteiger partial charge in [-0.3, -0.25) is 9.59 Å². The number of ether oxygens (including phenoxy) is 1. The summed E-state index contributed by atoms with van der Waals surface area (Å²) in [6.07, 6.45) is 1.47. The average Bonchev–Trinajstić information content (AvgIpc) is 2.79. The molecular weight excluding hydrogens is 376 g/mol. The summed E-state index contributed by atoms with van der Waals surface area (Å²) in [4.78, 5) is 28.3. The van der Waals surface area contributed by atoms with Crippen molar-refractivity contribution in [1.29, 1.82) is 0 Å². The molecule has 1 heterocycles. The molecule has 0 radical (unpaired) electrons. The predicted octanol–water partition coefficient (Wildman–Crippen LogP) is 4.17. The molecule has 0 aliphatic rings. The minimum atomic E-state index is -0.401. The van der Waals surface area contributed by atoms with Crippen LogP contribution in [0.5, 0.6) is 0 Å². The van der Waals surface area contributed by atoms with Crippen molar-refractivity contribution in [3.8, 4) is 0 Å². The SMILES string of the molecule is O=C(NCc1ccccc1COCc1ccccc1)c1c[nH]c2ccccc2c1=O. The molecule has 0 saturated heterocycles. The first-order valence-corrected chi connectivity index (χ1v) is 9.79. The standard InChI is InChI=1S/C25H22N2O3/c28-24-21-12-6-7-13-23(21)26-15-22(24)25(29)27-14-19-10-4-5-11-20(19)17-30-16-18-8-2-1-3-9-18/h1-13,15H,14,16-17H2,(H,26,28)(H,27,29). The van der Waals surface area contributed by atoms with Crippen molar-refractivity contribution in [2.45, 2.75) is 19.8 Å². The van der Waals surface area contributed by atoms with Crippen LogP contribution in [0.2, 0.25) is 0 Å². The van der Waals surface area contributed by atoms with E-state index in [0.29, 0.717) is 30.7 Å². The van der Waals surface area contributed by atoms with E-state index in [4.69, 9.17) is 4.74 Å². The minimum absolute atomic E-state index is 0.103. The number of carbonyl (C=O) groups is 1. The fraction of sp³-hybridized carbons (Fsp3) is 0.120. The van der Waals surface area contributed by atoms with Crippen molar-refractivity contribution in [2.75, 3.05) is 0 Å². The van der Waals surface area contributed by atoms with E-state index in [2.05, 4.69) is 10.3 Å². The summed E-state index contributed by atoms with van der Waals surface area (Å²) in [6, 6.07) is 24.9. The molecule has 0 saturated carbocycles. The zero-order valence-electron chi connectivity index (χ0n) is 16.4. The maximum absolute atomic E-state index is 12.6. The number of pyridine rings is 1. The smallest absolute Gasteiger partial charge is 0.257 e. The largest absolute Gasteiger partial charge is 0.372 e. The van der Waals surface area contributed by atoms with Crippen LogP contribution in [-0.4, -0.2) is 10.9 Å². The third kappa shape index (κ3) is 4.47. The van der Waals surface area contributed by atoms with Crippen LogP contribution in [0.25, 0.3) is 10.9 Å². The molecule has 4 aromatic rings. The number of amides is 1. The van der Waals surface area contributed by atoms with Crippen LogP contribution in [0, 0.1) is 0 Å². The van der Waals surface area contributed by atoms with Gasteiger partial charge in [0.05, 0.1) is 13.2 Å². The number of carbonyl (C=O) groups excluding carboxylic acids is 1. The maximum Gasteiger partial charge on any atom is 0.257 e. The van der Waals surface area contributed by atoms with Crippen LogP contribution in [0.15, 0.2) is 89.9 Å². The van der Waals surface area contributed by atoms with Gasteiger partial charge in [0.1, 0.15) is 5.56 Å². The first kappa shape index (κ1) is 19.6. The molecule has 0 atom stereocenters. The van der Waals surface area contributed by atoms with Gasteiger partial charge in [0.25, 0.3) is 5.91 Å². The van der Waals surface area contributed by atoms with Crippen molar-refractivity contribution in [2.24, 2.45) is 0 Å². The summed E-state index contributed by atoms with van der Waals surface area (Å²) in [5, 5.41) is 3.35. The third-order valence-corrected chi connectivity index (χ3v) is 4.96. The molecule has 150 valence electrons. The van der Waals surface area contributed by atoms with Gasteiger partial charge in [0, 0.05) is 23.6 Å². The van der Waals surface area contributed by atoms with Crippen molar-refractivity contribution >= 4 is 16.8 Å². The Morgan fingerprint density at radius 3 is 2.37 bits per heavy atom. The van der Waals surface area contributed by atoms with Gasteiger partial charge in [0.15, 0.2) is 0 Å². The van der Waals surface area contributed by atoms with Crippen LogP contribution in [0.1, 0.15) is 27.0 Å². The highest BCUT2D eigenvalue weighted by molar-refractivity contribution is 5.97. The number of fused-ring (bicyclic) bond motifs is 1. The van der Waals surface area contributed by atoms with E-state index in [1.54, 1.807) is 12.1 Å². The van der Waals surface area contributed by atoms with Crippen LogP contribution in [0.4, 0.5) is 0 Å². The van der Waals surface area contributed by atoms with Gasteiger partial charge in [-0.15, -0.1) is 0 Å². The fourth-order valence-corrected chi connectivity index (χ4v) is 3.33. The molecular formula is C25H22N2O3. The van der Waals surface area contributed by atoms with Crippen molar-refractivity contribution < 1.29 is 9.53 Å². The summed E-state index contributed by atoms with van der Waals surface area (Å²) in [6.45, 7) is 1.28. The summed E-state index contributed by atoms with van der Waals surface area (Å²) in [5.41, 5.74) is 3.60. The Morgan fingerprint density at radius 1 is 0.833 bits per heavy atom. The molecule has 0 fully saturated rings. The molecule has 30 heavy (non-hydrogen) atoms. The van der Waals surface area contributed by atoms with E-state index >= 15 is 0 Å². The van der Waals surface area contributed by atoms with E-state index in [1.807, 2.05) is 66.7 Å². The zero-order chi connectivity index (χ0) is 20.8. The molecule has 0 bridgehead atoms. The van der Waals surface area contributed by atoms with Gasteiger partial charge < -0.3 is 15.0 Å². The molecule has 5 nitrogen and oxygen atoms in total. The number of hydrogen-bond acceptors (Lipinski definition) is 3. The normalized spacial score (nSPS) is 10.8. The molecule has 0 spiro atoms. The summed E-state index contributed by atoms with van der Waals surface area (Å²) in [5.74, 6) is -0.401. The van der Waals surface area contributed by atoms with Gasteiger partial charge in [-0.2, -0.15) is 0 Å². The lowest BCUT2D eigenvalue weighted by atomic mass is 10.1. The van der Waals surface area contributed by atoms with Gasteiger partial charge in [-0.1, -0.05) is 66.7 Å². The Labute approximate surface area is 174 Å². The first-order chi connectivity index (χ1) is 14.7. The number of aromatic amines is 1. The van der Waals surface area contributed by atoms with E-state index in [0.717, 1.165) is 16.7 Å². The average molecular weight is 398 g/mol. The van der Waals surface area contributed by atoms with Crippen molar-refractivity contribution in [3.05, 3.63) is 118 Å². The second kappa shape index (κ2) is 9.20. The molecule has 0 unspecified atom stereocenters. The summed E-state index contributed by atoms with van der Waals surface area (Å²) in [7, 11) is 0. The van der Waals surface area contributed by atoms with E-state index in [1.165, 1.54) is 6.20 Å². The quantitative estimate of drug-likeness (QED) is 0.491. The van der Waals surface area contributed by atoms with E-state index < -0.39 is 5.91 Å². The Bertz CT molecular complexity index is 1220. The number of benzene rings is 3. The summed E-state index contributed by atoms with van der Waals surface area (Å²) >= 11 is 0. The van der Waals surface area contributed by atoms with Crippen molar-refractivity contribution in [1.82, 2.24) is 10.3 Å². The summed E-state index contributed by atoms with van der Waals surface area (Å²) < 4.78 is 5.84. The number of hydrogen-bond donors (Lipinski definition) is 2. The monoisotopic (exact) mass is 398 g/mol. The van der Waals surface area contributed by atoms with Crippen LogP contribution < -0.4 is 10.7 Å². The van der Waals surface area contributed by atoms with E-state index in [-0.39, 0.29) is 11.0 Å². The van der Waals surface area contributed by atoms with Crippen LogP contribution in [0.3, 0.4) is 0 Å². The molecule has 4 rings (SSSR count). The molecule has 5 heteroatoms. The number of para-hydroxylation sites is 1. The number of rotatable bonds is 7. The first-order valence-electron chi connectivity index (χ1n) is 9.79. The number of H-pyrrole nitrogens is 1. The minimum Gasteiger partial charge on any atom is -0.372 e. The molecule has 3 aromatic carbocycles. The van der Waals surface area contributed by atoms with Gasteiger partial charge in [-0.05, 0) is 28.8 Å². The highest BCUT2D eigenvalue weighted by Crippen LogP contribution is 2.12. The third-order valence-electron chi connectivity index (χ3n) is 4.96. The second-order valence-electron chi connectivity index (χ2n) is 7.01. The predicted molar refractivity (Wildman–Crippen MR) is 117 cm³/mol. The number of aromatic nitrogens is 1. The molecule has 0 aliphatic heterocycles. The van der Waals surface area contributed by atoms with Gasteiger partial charge in [-0.25, -0.2) is 0 Å². The van der Waals surface area contributed by atoms with Gasteiger partial charge in [0.2, 0.25) is 5.43 Å². The Kier molecular flexibility index (Phi) is 6.01. The Balaban J connectivity index is 1.42. The maximum atomic E-state index is 12.6. The highest BCUT2D eigenvalue weighted by Gasteiger charge is 2.13. The van der Waals surface area contributed by atoms with Crippen LogP contribution in [-0.2, 0) is 24.5 Å². The lowest BCUT2D eigenvalue weighted by Gasteiger charge is -2.11. The zero-order valence-corrected chi connectivity index (χ0v) is 16.4. The van der Waals surface area contributed by atoms with Crippen LogP contribution >= 0.6 is 0 Å². The van der Waals surface area contributed by atoms with E-state index in [9.17, 15) is 9.59 Å².